The van der Waals surface area contributed by atoms with E-state index in [9.17, 15) is 4.79 Å². The zero-order valence-corrected chi connectivity index (χ0v) is 12.7. The molecular weight excluding hydrogens is 292 g/mol. The SMILES string of the molecule is COC(=O)c1ccc2c(c1)N(Cc1cnc3[nH]ncc3c1)CC2. The Morgan fingerprint density at radius 3 is 3.13 bits per heavy atom. The summed E-state index contributed by atoms with van der Waals surface area (Å²) in [5.41, 5.74) is 4.86. The monoisotopic (exact) mass is 308 g/mol. The molecule has 3 aromatic rings. The number of rotatable bonds is 3. The number of H-pyrrole nitrogens is 1. The highest BCUT2D eigenvalue weighted by molar-refractivity contribution is 5.91. The first kappa shape index (κ1) is 13.8. The second-order valence-corrected chi connectivity index (χ2v) is 5.66. The predicted molar refractivity (Wildman–Crippen MR) is 86.4 cm³/mol. The third kappa shape index (κ3) is 2.42. The summed E-state index contributed by atoms with van der Waals surface area (Å²) >= 11 is 0. The molecule has 0 unspecified atom stereocenters. The van der Waals surface area contributed by atoms with Gasteiger partial charge < -0.3 is 9.64 Å². The fourth-order valence-corrected chi connectivity index (χ4v) is 3.04. The normalized spacial score (nSPS) is 13.3. The van der Waals surface area contributed by atoms with Gasteiger partial charge >= 0.3 is 5.97 Å². The van der Waals surface area contributed by atoms with E-state index in [1.165, 1.54) is 12.7 Å². The van der Waals surface area contributed by atoms with Crippen molar-refractivity contribution in [3.63, 3.8) is 0 Å². The minimum atomic E-state index is -0.305. The van der Waals surface area contributed by atoms with Crippen LogP contribution in [-0.4, -0.2) is 34.8 Å². The molecule has 1 aliphatic heterocycles. The van der Waals surface area contributed by atoms with E-state index in [1.807, 2.05) is 24.4 Å². The number of nitrogens with zero attached hydrogens (tertiary/aromatic N) is 3. The van der Waals surface area contributed by atoms with E-state index in [0.29, 0.717) is 5.56 Å². The molecule has 4 rings (SSSR count). The maximum Gasteiger partial charge on any atom is 0.337 e. The lowest BCUT2D eigenvalue weighted by Crippen LogP contribution is -2.20. The van der Waals surface area contributed by atoms with Crippen molar-refractivity contribution in [1.29, 1.82) is 0 Å². The Morgan fingerprint density at radius 1 is 1.35 bits per heavy atom. The van der Waals surface area contributed by atoms with Crippen molar-refractivity contribution in [1.82, 2.24) is 15.2 Å². The minimum absolute atomic E-state index is 0.305. The highest BCUT2D eigenvalue weighted by Crippen LogP contribution is 2.30. The number of aromatic nitrogens is 3. The molecule has 1 aliphatic rings. The molecule has 0 radical (unpaired) electrons. The molecule has 0 fully saturated rings. The van der Waals surface area contributed by atoms with E-state index in [1.54, 1.807) is 6.20 Å². The highest BCUT2D eigenvalue weighted by atomic mass is 16.5. The van der Waals surface area contributed by atoms with Gasteiger partial charge in [0.2, 0.25) is 0 Å². The van der Waals surface area contributed by atoms with Gasteiger partial charge in [-0.25, -0.2) is 9.78 Å². The molecule has 116 valence electrons. The van der Waals surface area contributed by atoms with Crippen LogP contribution < -0.4 is 4.90 Å². The molecule has 0 saturated carbocycles. The third-order valence-corrected chi connectivity index (χ3v) is 4.22. The summed E-state index contributed by atoms with van der Waals surface area (Å²) in [5, 5.41) is 7.86. The number of benzene rings is 1. The topological polar surface area (TPSA) is 71.1 Å². The number of anilines is 1. The van der Waals surface area contributed by atoms with Crippen LogP contribution in [0.2, 0.25) is 0 Å². The highest BCUT2D eigenvalue weighted by Gasteiger charge is 2.21. The number of carbonyl (C=O) groups is 1. The van der Waals surface area contributed by atoms with Crippen molar-refractivity contribution in [2.24, 2.45) is 0 Å². The molecule has 0 aliphatic carbocycles. The molecule has 0 spiro atoms. The largest absolute Gasteiger partial charge is 0.465 e. The van der Waals surface area contributed by atoms with E-state index < -0.39 is 0 Å². The van der Waals surface area contributed by atoms with Crippen LogP contribution >= 0.6 is 0 Å². The van der Waals surface area contributed by atoms with E-state index in [4.69, 9.17) is 4.74 Å². The molecule has 0 bridgehead atoms. The number of aromatic amines is 1. The molecule has 1 N–H and O–H groups in total. The fraction of sp³-hybridized carbons (Fsp3) is 0.235. The Labute approximate surface area is 133 Å². The number of carbonyl (C=O) groups excluding carboxylic acids is 1. The van der Waals surface area contributed by atoms with E-state index in [2.05, 4.69) is 26.1 Å². The second-order valence-electron chi connectivity index (χ2n) is 5.66. The number of esters is 1. The molecule has 6 heteroatoms. The number of methoxy groups -OCH3 is 1. The molecule has 2 aromatic heterocycles. The first-order chi connectivity index (χ1) is 11.2. The Morgan fingerprint density at radius 2 is 2.26 bits per heavy atom. The van der Waals surface area contributed by atoms with Gasteiger partial charge in [0.25, 0.3) is 0 Å². The lowest BCUT2D eigenvalue weighted by Gasteiger charge is -2.19. The molecule has 0 amide bonds. The third-order valence-electron chi connectivity index (χ3n) is 4.22. The van der Waals surface area contributed by atoms with Crippen LogP contribution in [0.15, 0.2) is 36.7 Å². The Kier molecular flexibility index (Phi) is 3.22. The van der Waals surface area contributed by atoms with Gasteiger partial charge in [-0.3, -0.25) is 5.10 Å². The van der Waals surface area contributed by atoms with Crippen LogP contribution in [0.3, 0.4) is 0 Å². The van der Waals surface area contributed by atoms with Crippen molar-refractivity contribution >= 4 is 22.7 Å². The lowest BCUT2D eigenvalue weighted by atomic mass is 10.1. The fourth-order valence-electron chi connectivity index (χ4n) is 3.04. The second kappa shape index (κ2) is 5.39. The molecule has 3 heterocycles. The standard InChI is InChI=1S/C17H16N4O2/c1-23-17(22)13-3-2-12-4-5-21(15(12)7-13)10-11-6-14-9-19-20-16(14)18-8-11/h2-3,6-9H,4-5,10H2,1H3,(H,18,19,20). The van der Waals surface area contributed by atoms with Crippen molar-refractivity contribution < 1.29 is 9.53 Å². The van der Waals surface area contributed by atoms with Crippen LogP contribution in [0.1, 0.15) is 21.5 Å². The summed E-state index contributed by atoms with van der Waals surface area (Å²) in [5.74, 6) is -0.305. The van der Waals surface area contributed by atoms with E-state index >= 15 is 0 Å². The van der Waals surface area contributed by atoms with Crippen LogP contribution in [0.4, 0.5) is 5.69 Å². The van der Waals surface area contributed by atoms with Crippen LogP contribution in [0.25, 0.3) is 11.0 Å². The summed E-state index contributed by atoms with van der Waals surface area (Å²) in [6.45, 7) is 1.69. The number of nitrogens with one attached hydrogen (secondary N) is 1. The van der Waals surface area contributed by atoms with Gasteiger partial charge in [0, 0.05) is 30.4 Å². The first-order valence-corrected chi connectivity index (χ1v) is 7.49. The van der Waals surface area contributed by atoms with Crippen molar-refractivity contribution in [3.05, 3.63) is 53.3 Å². The van der Waals surface area contributed by atoms with E-state index in [-0.39, 0.29) is 5.97 Å². The Balaban J connectivity index is 1.63. The van der Waals surface area contributed by atoms with Crippen molar-refractivity contribution in [2.45, 2.75) is 13.0 Å². The van der Waals surface area contributed by atoms with Gasteiger partial charge in [0.15, 0.2) is 5.65 Å². The van der Waals surface area contributed by atoms with Crippen molar-refractivity contribution in [2.75, 3.05) is 18.6 Å². The van der Waals surface area contributed by atoms with Crippen LogP contribution in [-0.2, 0) is 17.7 Å². The molecule has 0 atom stereocenters. The molecule has 23 heavy (non-hydrogen) atoms. The van der Waals surface area contributed by atoms with Crippen LogP contribution in [0.5, 0.6) is 0 Å². The number of hydrogen-bond acceptors (Lipinski definition) is 5. The minimum Gasteiger partial charge on any atom is -0.465 e. The summed E-state index contributed by atoms with van der Waals surface area (Å²) in [7, 11) is 1.40. The van der Waals surface area contributed by atoms with Crippen molar-refractivity contribution in [3.8, 4) is 0 Å². The maximum atomic E-state index is 11.7. The Hall–Kier alpha value is -2.89. The summed E-state index contributed by atoms with van der Waals surface area (Å²) in [6, 6.07) is 7.85. The Bertz CT molecular complexity index is 887. The summed E-state index contributed by atoms with van der Waals surface area (Å²) in [4.78, 5) is 18.4. The average molecular weight is 308 g/mol. The van der Waals surface area contributed by atoms with Gasteiger partial charge in [-0.15, -0.1) is 0 Å². The quantitative estimate of drug-likeness (QED) is 0.752. The zero-order valence-electron chi connectivity index (χ0n) is 12.7. The van der Waals surface area contributed by atoms with Crippen LogP contribution in [0, 0.1) is 0 Å². The van der Waals surface area contributed by atoms with Gasteiger partial charge in [0.1, 0.15) is 0 Å². The predicted octanol–water partition coefficient (Wildman–Crippen LogP) is 2.31. The average Bonchev–Trinajstić information content (AvgIpc) is 3.20. The molecule has 6 nitrogen and oxygen atoms in total. The summed E-state index contributed by atoms with van der Waals surface area (Å²) < 4.78 is 4.81. The first-order valence-electron chi connectivity index (χ1n) is 7.49. The molecular formula is C17H16N4O2. The smallest absolute Gasteiger partial charge is 0.337 e. The molecule has 1 aromatic carbocycles. The number of ether oxygens (including phenoxy) is 1. The lowest BCUT2D eigenvalue weighted by molar-refractivity contribution is 0.0601. The molecule has 0 saturated heterocycles. The number of hydrogen-bond donors (Lipinski definition) is 1. The van der Waals surface area contributed by atoms with E-state index in [0.717, 1.165) is 41.8 Å². The number of fused-ring (bicyclic) bond motifs is 2. The van der Waals surface area contributed by atoms with Gasteiger partial charge in [-0.05, 0) is 35.7 Å². The number of pyridine rings is 1. The summed E-state index contributed by atoms with van der Waals surface area (Å²) in [6.07, 6.45) is 4.62. The zero-order chi connectivity index (χ0) is 15.8. The van der Waals surface area contributed by atoms with Gasteiger partial charge in [-0.2, -0.15) is 5.10 Å². The maximum absolute atomic E-state index is 11.7. The van der Waals surface area contributed by atoms with Gasteiger partial charge in [0.05, 0.1) is 18.9 Å². The van der Waals surface area contributed by atoms with Gasteiger partial charge in [-0.1, -0.05) is 6.07 Å².